The number of carbonyl (C=O) groups excluding carboxylic acids is 1. The molecule has 0 saturated carbocycles. The van der Waals surface area contributed by atoms with E-state index >= 15 is 0 Å². The molecule has 3 heterocycles. The van der Waals surface area contributed by atoms with E-state index in [1.54, 1.807) is 0 Å². The molecule has 2 saturated heterocycles. The second kappa shape index (κ2) is 7.94. The largest absolute Gasteiger partial charge is 0.378 e. The van der Waals surface area contributed by atoms with Crippen molar-refractivity contribution >= 4 is 17.4 Å². The molecule has 6 heteroatoms. The van der Waals surface area contributed by atoms with E-state index in [1.165, 1.54) is 17.7 Å². The molecule has 0 unspecified atom stereocenters. The van der Waals surface area contributed by atoms with Crippen molar-refractivity contribution in [1.82, 2.24) is 15.1 Å². The van der Waals surface area contributed by atoms with Crippen LogP contribution in [0.2, 0.25) is 0 Å². The minimum absolute atomic E-state index is 0.0734. The summed E-state index contributed by atoms with van der Waals surface area (Å²) in [5.41, 5.74) is 0. The van der Waals surface area contributed by atoms with Crippen molar-refractivity contribution in [3.8, 4) is 0 Å². The van der Waals surface area contributed by atoms with Crippen molar-refractivity contribution in [2.45, 2.75) is 19.4 Å². The van der Waals surface area contributed by atoms with Crippen LogP contribution in [0.5, 0.6) is 0 Å². The summed E-state index contributed by atoms with van der Waals surface area (Å²) in [4.78, 5) is 17.9. The van der Waals surface area contributed by atoms with E-state index in [2.05, 4.69) is 27.7 Å². The minimum Gasteiger partial charge on any atom is -0.378 e. The van der Waals surface area contributed by atoms with Crippen LogP contribution in [0.15, 0.2) is 17.5 Å². The average molecular weight is 323 g/mol. The van der Waals surface area contributed by atoms with E-state index in [4.69, 9.17) is 4.74 Å². The molecule has 2 aliphatic rings. The number of hydrogen-bond acceptors (Lipinski definition) is 4. The summed E-state index contributed by atoms with van der Waals surface area (Å²) in [6, 6.07) is 4.40. The number of likely N-dealkylation sites (tertiary alicyclic amines) is 1. The lowest BCUT2D eigenvalue weighted by Gasteiger charge is -2.32. The summed E-state index contributed by atoms with van der Waals surface area (Å²) in [7, 11) is 0. The van der Waals surface area contributed by atoms with Gasteiger partial charge in [-0.25, -0.2) is 4.79 Å². The Morgan fingerprint density at radius 2 is 2.05 bits per heavy atom. The number of piperidine rings is 1. The van der Waals surface area contributed by atoms with Gasteiger partial charge in [-0.05, 0) is 43.3 Å². The number of amides is 2. The first-order valence-corrected chi connectivity index (χ1v) is 9.04. The standard InChI is InChI=1S/C16H25N3O2S/c20-16(19-7-9-21-10-8-19)17-12-14-3-5-18(6-4-14)13-15-2-1-11-22-15/h1-2,11,14H,3-10,12-13H2,(H,17,20). The molecule has 0 atom stereocenters. The van der Waals surface area contributed by atoms with Crippen molar-refractivity contribution < 1.29 is 9.53 Å². The molecular formula is C16H25N3O2S. The third kappa shape index (κ3) is 4.44. The summed E-state index contributed by atoms with van der Waals surface area (Å²) >= 11 is 1.83. The SMILES string of the molecule is O=C(NCC1CCN(Cc2cccs2)CC1)N1CCOCC1. The molecule has 5 nitrogen and oxygen atoms in total. The molecule has 2 fully saturated rings. The molecule has 2 amide bonds. The van der Waals surface area contributed by atoms with Crippen LogP contribution in [0.25, 0.3) is 0 Å². The Morgan fingerprint density at radius 1 is 1.27 bits per heavy atom. The maximum absolute atomic E-state index is 12.1. The third-order valence-electron chi connectivity index (χ3n) is 4.51. The normalized spacial score (nSPS) is 21.0. The summed E-state index contributed by atoms with van der Waals surface area (Å²) in [6.07, 6.45) is 2.35. The number of rotatable bonds is 4. The zero-order valence-electron chi connectivity index (χ0n) is 13.0. The van der Waals surface area contributed by atoms with Gasteiger partial charge in [0, 0.05) is 31.1 Å². The highest BCUT2D eigenvalue weighted by Crippen LogP contribution is 2.20. The summed E-state index contributed by atoms with van der Waals surface area (Å²) in [5, 5.41) is 5.24. The summed E-state index contributed by atoms with van der Waals surface area (Å²) < 4.78 is 5.27. The van der Waals surface area contributed by atoms with E-state index in [-0.39, 0.29) is 6.03 Å². The molecule has 0 bridgehead atoms. The number of morpholine rings is 1. The van der Waals surface area contributed by atoms with Gasteiger partial charge in [-0.2, -0.15) is 0 Å². The van der Waals surface area contributed by atoms with Gasteiger partial charge in [0.05, 0.1) is 13.2 Å². The lowest BCUT2D eigenvalue weighted by Crippen LogP contribution is -2.48. The van der Waals surface area contributed by atoms with Crippen LogP contribution in [0.4, 0.5) is 4.79 Å². The van der Waals surface area contributed by atoms with Gasteiger partial charge in [0.25, 0.3) is 0 Å². The molecule has 122 valence electrons. The van der Waals surface area contributed by atoms with E-state index in [9.17, 15) is 4.79 Å². The first kappa shape index (κ1) is 15.8. The molecule has 0 aliphatic carbocycles. The highest BCUT2D eigenvalue weighted by molar-refractivity contribution is 7.09. The third-order valence-corrected chi connectivity index (χ3v) is 5.37. The van der Waals surface area contributed by atoms with E-state index < -0.39 is 0 Å². The summed E-state index contributed by atoms with van der Waals surface area (Å²) in [5.74, 6) is 0.615. The summed E-state index contributed by atoms with van der Waals surface area (Å²) in [6.45, 7) is 6.90. The smallest absolute Gasteiger partial charge is 0.317 e. The first-order chi connectivity index (χ1) is 10.8. The Balaban J connectivity index is 1.34. The van der Waals surface area contributed by atoms with Crippen LogP contribution in [-0.4, -0.2) is 61.8 Å². The predicted octanol–water partition coefficient (Wildman–Crippen LogP) is 2.00. The van der Waals surface area contributed by atoms with Crippen molar-refractivity contribution in [1.29, 1.82) is 0 Å². The van der Waals surface area contributed by atoms with Gasteiger partial charge >= 0.3 is 6.03 Å². The Kier molecular flexibility index (Phi) is 5.70. The monoisotopic (exact) mass is 323 g/mol. The molecule has 0 radical (unpaired) electrons. The minimum atomic E-state index is 0.0734. The van der Waals surface area contributed by atoms with E-state index in [0.717, 1.165) is 26.2 Å². The van der Waals surface area contributed by atoms with Gasteiger partial charge in [0.15, 0.2) is 0 Å². The molecular weight excluding hydrogens is 298 g/mol. The predicted molar refractivity (Wildman–Crippen MR) is 88.1 cm³/mol. The zero-order valence-corrected chi connectivity index (χ0v) is 13.8. The molecule has 0 spiro atoms. The number of thiophene rings is 1. The Morgan fingerprint density at radius 3 is 2.73 bits per heavy atom. The fraction of sp³-hybridized carbons (Fsp3) is 0.688. The van der Waals surface area contributed by atoms with E-state index in [0.29, 0.717) is 32.2 Å². The first-order valence-electron chi connectivity index (χ1n) is 8.16. The molecule has 0 aromatic carbocycles. The Bertz CT molecular complexity index is 452. The van der Waals surface area contributed by atoms with Gasteiger partial charge in [-0.3, -0.25) is 4.90 Å². The number of nitrogens with one attached hydrogen (secondary N) is 1. The quantitative estimate of drug-likeness (QED) is 0.922. The molecule has 1 N–H and O–H groups in total. The van der Waals surface area contributed by atoms with Crippen LogP contribution < -0.4 is 5.32 Å². The van der Waals surface area contributed by atoms with Crippen LogP contribution in [0.3, 0.4) is 0 Å². The van der Waals surface area contributed by atoms with Crippen LogP contribution in [-0.2, 0) is 11.3 Å². The molecule has 3 rings (SSSR count). The van der Waals surface area contributed by atoms with Crippen LogP contribution in [0.1, 0.15) is 17.7 Å². The molecule has 1 aromatic rings. The van der Waals surface area contributed by atoms with Crippen molar-refractivity contribution in [3.05, 3.63) is 22.4 Å². The van der Waals surface area contributed by atoms with Gasteiger partial charge in [-0.1, -0.05) is 6.07 Å². The van der Waals surface area contributed by atoms with Crippen LogP contribution in [0, 0.1) is 5.92 Å². The van der Waals surface area contributed by atoms with Gasteiger partial charge in [0.2, 0.25) is 0 Å². The average Bonchev–Trinajstić information content (AvgIpc) is 3.08. The van der Waals surface area contributed by atoms with Gasteiger partial charge in [-0.15, -0.1) is 11.3 Å². The van der Waals surface area contributed by atoms with Crippen molar-refractivity contribution in [3.63, 3.8) is 0 Å². The lowest BCUT2D eigenvalue weighted by molar-refractivity contribution is 0.0527. The van der Waals surface area contributed by atoms with Crippen molar-refractivity contribution in [2.24, 2.45) is 5.92 Å². The lowest BCUT2D eigenvalue weighted by atomic mass is 9.97. The molecule has 2 aliphatic heterocycles. The number of ether oxygens (including phenoxy) is 1. The molecule has 22 heavy (non-hydrogen) atoms. The number of nitrogens with zero attached hydrogens (tertiary/aromatic N) is 2. The second-order valence-electron chi connectivity index (χ2n) is 6.08. The topological polar surface area (TPSA) is 44.8 Å². The van der Waals surface area contributed by atoms with Gasteiger partial charge < -0.3 is 15.0 Å². The molecule has 1 aromatic heterocycles. The number of urea groups is 1. The fourth-order valence-electron chi connectivity index (χ4n) is 3.08. The second-order valence-corrected chi connectivity index (χ2v) is 7.12. The number of carbonyl (C=O) groups is 1. The zero-order chi connectivity index (χ0) is 15.2. The van der Waals surface area contributed by atoms with Crippen molar-refractivity contribution in [2.75, 3.05) is 45.9 Å². The maximum atomic E-state index is 12.1. The van der Waals surface area contributed by atoms with E-state index in [1.807, 2.05) is 16.2 Å². The van der Waals surface area contributed by atoms with Gasteiger partial charge in [0.1, 0.15) is 0 Å². The Hall–Kier alpha value is -1.11. The Labute approximate surface area is 136 Å². The highest BCUT2D eigenvalue weighted by Gasteiger charge is 2.22. The maximum Gasteiger partial charge on any atom is 0.317 e. The highest BCUT2D eigenvalue weighted by atomic mass is 32.1. The number of hydrogen-bond donors (Lipinski definition) is 1. The van der Waals surface area contributed by atoms with Crippen LogP contribution >= 0.6 is 11.3 Å². The fourth-order valence-corrected chi connectivity index (χ4v) is 3.83.